The number of nitriles is 1. The summed E-state index contributed by atoms with van der Waals surface area (Å²) in [5, 5.41) is 10.00. The Balaban J connectivity index is 2.06. The average Bonchev–Trinajstić information content (AvgIpc) is 2.99. The summed E-state index contributed by atoms with van der Waals surface area (Å²) in [6.07, 6.45) is 1.69. The molecule has 2 aromatic carbocycles. The van der Waals surface area contributed by atoms with Crippen LogP contribution in [0.1, 0.15) is 13.3 Å². The Hall–Kier alpha value is -2.60. The number of hydrogen-bond donors (Lipinski definition) is 2. The van der Waals surface area contributed by atoms with Crippen LogP contribution in [0.5, 0.6) is 0 Å². The minimum Gasteiger partial charge on any atom is -0.364 e. The molecule has 0 aliphatic carbocycles. The second kappa shape index (κ2) is 8.26. The molecule has 0 radical (unpaired) electrons. The zero-order chi connectivity index (χ0) is 22.1. The summed E-state index contributed by atoms with van der Waals surface area (Å²) in [7, 11) is -3.36. The van der Waals surface area contributed by atoms with Gasteiger partial charge in [-0.15, -0.1) is 0 Å². The summed E-state index contributed by atoms with van der Waals surface area (Å²) < 4.78 is 25.4. The highest BCUT2D eigenvalue weighted by Gasteiger charge is 2.51. The zero-order valence-electron chi connectivity index (χ0n) is 16.8. The zero-order valence-corrected chi connectivity index (χ0v) is 18.4. The number of sulfonamides is 1. The lowest BCUT2D eigenvalue weighted by Crippen LogP contribution is -2.58. The number of quaternary nitrogens is 1. The van der Waals surface area contributed by atoms with Crippen molar-refractivity contribution < 1.29 is 13.2 Å². The quantitative estimate of drug-likeness (QED) is 0.523. The predicted molar refractivity (Wildman–Crippen MR) is 119 cm³/mol. The largest absolute Gasteiger partial charge is 0.364 e. The lowest BCUT2D eigenvalue weighted by atomic mass is 10.0. The molecule has 1 heterocycles. The maximum Gasteiger partial charge on any atom is 0.276 e. The Labute approximate surface area is 181 Å². The minimum absolute atomic E-state index is 0.0956. The highest BCUT2D eigenvalue weighted by molar-refractivity contribution is 7.92. The van der Waals surface area contributed by atoms with Crippen LogP contribution in [0, 0.1) is 17.2 Å². The summed E-state index contributed by atoms with van der Waals surface area (Å²) in [6, 6.07) is 14.1. The number of carbonyl (C=O) groups is 1. The SMILES string of the molecule is C[C@H]1C[C@@H](C(N)=O)[N+](CC#N)(c2cc(-c3ccc(NS(C)(=O)=O)cc3)ccc2Cl)C1. The molecule has 1 aliphatic heterocycles. The molecule has 0 aromatic heterocycles. The van der Waals surface area contributed by atoms with E-state index in [0.29, 0.717) is 29.4 Å². The molecule has 3 atom stereocenters. The number of nitrogens with zero attached hydrogens (tertiary/aromatic N) is 2. The van der Waals surface area contributed by atoms with Crippen molar-refractivity contribution >= 4 is 38.9 Å². The molecule has 7 nitrogen and oxygen atoms in total. The normalized spacial score (nSPS) is 23.7. The monoisotopic (exact) mass is 447 g/mol. The van der Waals surface area contributed by atoms with E-state index >= 15 is 0 Å². The van der Waals surface area contributed by atoms with Gasteiger partial charge in [-0.1, -0.05) is 36.7 Å². The van der Waals surface area contributed by atoms with Crippen LogP contribution >= 0.6 is 11.6 Å². The van der Waals surface area contributed by atoms with Gasteiger partial charge in [0, 0.05) is 24.1 Å². The molecule has 1 saturated heterocycles. The summed E-state index contributed by atoms with van der Waals surface area (Å²) in [4.78, 5) is 12.2. The number of amides is 1. The van der Waals surface area contributed by atoms with Gasteiger partial charge in [-0.2, -0.15) is 5.26 Å². The summed E-state index contributed by atoms with van der Waals surface area (Å²) in [5.74, 6) is -0.218. The fraction of sp³-hybridized carbons (Fsp3) is 0.333. The van der Waals surface area contributed by atoms with Crippen LogP contribution in [0.25, 0.3) is 11.1 Å². The Bertz CT molecular complexity index is 1110. The van der Waals surface area contributed by atoms with E-state index in [1.165, 1.54) is 0 Å². The molecule has 30 heavy (non-hydrogen) atoms. The molecule has 2 aromatic rings. The van der Waals surface area contributed by atoms with Gasteiger partial charge in [0.05, 0.1) is 12.8 Å². The van der Waals surface area contributed by atoms with E-state index in [2.05, 4.69) is 10.8 Å². The van der Waals surface area contributed by atoms with Crippen LogP contribution in [0.2, 0.25) is 5.02 Å². The maximum absolute atomic E-state index is 12.2. The van der Waals surface area contributed by atoms with E-state index in [4.69, 9.17) is 17.3 Å². The summed E-state index contributed by atoms with van der Waals surface area (Å²) in [5.41, 5.74) is 8.56. The molecule has 1 unspecified atom stereocenters. The van der Waals surface area contributed by atoms with Crippen molar-refractivity contribution in [1.82, 2.24) is 4.48 Å². The van der Waals surface area contributed by atoms with Gasteiger partial charge in [0.25, 0.3) is 5.91 Å². The Morgan fingerprint density at radius 1 is 1.27 bits per heavy atom. The first kappa shape index (κ1) is 22.1. The Morgan fingerprint density at radius 3 is 2.47 bits per heavy atom. The number of benzene rings is 2. The molecule has 1 fully saturated rings. The molecule has 1 amide bonds. The second-order valence-electron chi connectivity index (χ2n) is 7.91. The van der Waals surface area contributed by atoms with Crippen molar-refractivity contribution in [3.05, 3.63) is 47.5 Å². The van der Waals surface area contributed by atoms with Crippen molar-refractivity contribution in [1.29, 1.82) is 5.26 Å². The van der Waals surface area contributed by atoms with Gasteiger partial charge in [-0.25, -0.2) is 8.42 Å². The van der Waals surface area contributed by atoms with Gasteiger partial charge in [-0.3, -0.25) is 14.0 Å². The van der Waals surface area contributed by atoms with Crippen LogP contribution < -0.4 is 14.9 Å². The molecular formula is C21H24ClN4O3S+. The highest BCUT2D eigenvalue weighted by atomic mass is 35.5. The fourth-order valence-corrected chi connectivity index (χ4v) is 5.18. The lowest BCUT2D eigenvalue weighted by Gasteiger charge is -2.37. The van der Waals surface area contributed by atoms with E-state index in [1.54, 1.807) is 30.3 Å². The molecule has 9 heteroatoms. The third kappa shape index (κ3) is 4.43. The summed E-state index contributed by atoms with van der Waals surface area (Å²) in [6.45, 7) is 2.73. The van der Waals surface area contributed by atoms with Crippen molar-refractivity contribution in [2.75, 3.05) is 24.1 Å². The van der Waals surface area contributed by atoms with Crippen molar-refractivity contribution in [3.8, 4) is 17.2 Å². The van der Waals surface area contributed by atoms with Gasteiger partial charge in [0.1, 0.15) is 11.1 Å². The van der Waals surface area contributed by atoms with Gasteiger partial charge in [0.15, 0.2) is 18.3 Å². The molecule has 0 saturated carbocycles. The Kier molecular flexibility index (Phi) is 6.09. The topological polar surface area (TPSA) is 113 Å². The molecule has 3 N–H and O–H groups in total. The van der Waals surface area contributed by atoms with Gasteiger partial charge in [-0.05, 0) is 29.3 Å². The number of likely N-dealkylation sites (tertiary alicyclic amines) is 1. The number of anilines is 1. The van der Waals surface area contributed by atoms with Gasteiger partial charge >= 0.3 is 0 Å². The van der Waals surface area contributed by atoms with Crippen molar-refractivity contribution in [3.63, 3.8) is 0 Å². The predicted octanol–water partition coefficient (Wildman–Crippen LogP) is 3.10. The first-order valence-corrected chi connectivity index (χ1v) is 11.7. The maximum atomic E-state index is 12.2. The second-order valence-corrected chi connectivity index (χ2v) is 10.1. The molecule has 0 spiro atoms. The van der Waals surface area contributed by atoms with Crippen molar-refractivity contribution in [2.24, 2.45) is 11.7 Å². The number of nitrogens with two attached hydrogens (primary N) is 1. The number of halogens is 1. The first-order chi connectivity index (χ1) is 14.1. The van der Waals surface area contributed by atoms with Gasteiger partial charge < -0.3 is 5.73 Å². The van der Waals surface area contributed by atoms with E-state index in [0.717, 1.165) is 17.4 Å². The van der Waals surface area contributed by atoms with Crippen LogP contribution in [0.3, 0.4) is 0 Å². The molecule has 0 bridgehead atoms. The van der Waals surface area contributed by atoms with E-state index < -0.39 is 22.0 Å². The molecular weight excluding hydrogens is 424 g/mol. The smallest absolute Gasteiger partial charge is 0.276 e. The van der Waals surface area contributed by atoms with E-state index in [1.807, 2.05) is 19.1 Å². The standard InChI is InChI=1S/C21H23ClN4O3S/c1-14-11-20(21(24)27)26(13-14,10-9-23)19-12-16(5-8-18(19)22)15-3-6-17(7-4-15)25-30(2,28)29/h3-8,12,14,20,25H,10-11,13H2,1-2H3,(H-,24,27)/p+1/t14-,20-,26?/m0/s1. The van der Waals surface area contributed by atoms with Gasteiger partial charge in [0.2, 0.25) is 10.0 Å². The average molecular weight is 448 g/mol. The fourth-order valence-electron chi connectivity index (χ4n) is 4.33. The lowest BCUT2D eigenvalue weighted by molar-refractivity contribution is -0.121. The van der Waals surface area contributed by atoms with Crippen LogP contribution in [-0.4, -0.2) is 39.7 Å². The van der Waals surface area contributed by atoms with E-state index in [-0.39, 0.29) is 16.9 Å². The Morgan fingerprint density at radius 2 is 1.90 bits per heavy atom. The first-order valence-electron chi connectivity index (χ1n) is 9.47. The van der Waals surface area contributed by atoms with Crippen LogP contribution in [0.4, 0.5) is 11.4 Å². The third-order valence-corrected chi connectivity index (χ3v) is 6.41. The summed E-state index contributed by atoms with van der Waals surface area (Å²) >= 11 is 6.55. The number of rotatable bonds is 6. The van der Waals surface area contributed by atoms with E-state index in [9.17, 15) is 18.5 Å². The van der Waals surface area contributed by atoms with Crippen molar-refractivity contribution in [2.45, 2.75) is 19.4 Å². The van der Waals surface area contributed by atoms with Crippen LogP contribution in [0.15, 0.2) is 42.5 Å². The molecule has 3 rings (SSSR count). The molecule has 1 aliphatic rings. The number of nitrogens with one attached hydrogen (secondary N) is 1. The number of carbonyl (C=O) groups excluding carboxylic acids is 1. The number of hydrogen-bond acceptors (Lipinski definition) is 4. The highest BCUT2D eigenvalue weighted by Crippen LogP contribution is 2.43. The number of primary amides is 1. The minimum atomic E-state index is -3.36. The third-order valence-electron chi connectivity index (χ3n) is 5.49. The van der Waals surface area contributed by atoms with Crippen LogP contribution in [-0.2, 0) is 14.8 Å². The molecule has 158 valence electrons.